The van der Waals surface area contributed by atoms with E-state index in [1.54, 1.807) is 7.11 Å². The number of para-hydroxylation sites is 1. The fourth-order valence-corrected chi connectivity index (χ4v) is 2.96. The highest BCUT2D eigenvalue weighted by Crippen LogP contribution is 2.29. The van der Waals surface area contributed by atoms with Crippen LogP contribution in [-0.4, -0.2) is 59.5 Å². The first-order valence-electron chi connectivity index (χ1n) is 6.90. The Labute approximate surface area is 126 Å². The van der Waals surface area contributed by atoms with Crippen molar-refractivity contribution in [2.24, 2.45) is 0 Å². The summed E-state index contributed by atoms with van der Waals surface area (Å²) in [6.45, 7) is 3.18. The van der Waals surface area contributed by atoms with E-state index in [0.717, 1.165) is 24.4 Å². The van der Waals surface area contributed by atoms with Gasteiger partial charge in [-0.3, -0.25) is 4.90 Å². The van der Waals surface area contributed by atoms with Crippen LogP contribution >= 0.6 is 0 Å². The lowest BCUT2D eigenvalue weighted by Crippen LogP contribution is -2.43. The summed E-state index contributed by atoms with van der Waals surface area (Å²) < 4.78 is 36.2. The number of ether oxygens (including phenoxy) is 2. The second-order valence-electron chi connectivity index (χ2n) is 5.03. The maximum Gasteiger partial charge on any atom is 0.208 e. The van der Waals surface area contributed by atoms with E-state index in [2.05, 4.69) is 9.62 Å². The van der Waals surface area contributed by atoms with Crippen LogP contribution in [-0.2, 0) is 14.8 Å². The molecule has 0 saturated carbocycles. The van der Waals surface area contributed by atoms with Crippen LogP contribution in [0.15, 0.2) is 24.3 Å². The van der Waals surface area contributed by atoms with Gasteiger partial charge < -0.3 is 9.47 Å². The largest absolute Gasteiger partial charge is 0.496 e. The Bertz CT molecular complexity index is 556. The zero-order chi connectivity index (χ0) is 15.3. The van der Waals surface area contributed by atoms with Gasteiger partial charge in [-0.1, -0.05) is 18.2 Å². The lowest BCUT2D eigenvalue weighted by Gasteiger charge is -2.35. The maximum atomic E-state index is 11.4. The van der Waals surface area contributed by atoms with Crippen LogP contribution in [0.5, 0.6) is 5.75 Å². The molecule has 7 heteroatoms. The maximum absolute atomic E-state index is 11.4. The Hall–Kier alpha value is -1.15. The van der Waals surface area contributed by atoms with Gasteiger partial charge in [-0.15, -0.1) is 0 Å². The predicted octanol–water partition coefficient (Wildman–Crippen LogP) is 0.618. The molecule has 0 bridgehead atoms. The van der Waals surface area contributed by atoms with Gasteiger partial charge >= 0.3 is 0 Å². The summed E-state index contributed by atoms with van der Waals surface area (Å²) in [5.41, 5.74) is 0.984. The van der Waals surface area contributed by atoms with Crippen LogP contribution in [0.3, 0.4) is 0 Å². The minimum absolute atomic E-state index is 0.0697. The van der Waals surface area contributed by atoms with Gasteiger partial charge in [0.15, 0.2) is 0 Å². The fourth-order valence-electron chi connectivity index (χ4n) is 2.50. The Morgan fingerprint density at radius 2 is 2.00 bits per heavy atom. The Morgan fingerprint density at radius 3 is 2.62 bits per heavy atom. The molecule has 1 aromatic rings. The van der Waals surface area contributed by atoms with Crippen LogP contribution < -0.4 is 9.46 Å². The molecule has 0 spiro atoms. The van der Waals surface area contributed by atoms with Crippen LogP contribution in [0.2, 0.25) is 0 Å². The lowest BCUT2D eigenvalue weighted by molar-refractivity contribution is 0.0167. The minimum Gasteiger partial charge on any atom is -0.496 e. The normalized spacial score (nSPS) is 18.4. The van der Waals surface area contributed by atoms with Gasteiger partial charge in [-0.05, 0) is 6.07 Å². The van der Waals surface area contributed by atoms with E-state index in [0.29, 0.717) is 19.8 Å². The summed E-state index contributed by atoms with van der Waals surface area (Å²) >= 11 is 0. The summed E-state index contributed by atoms with van der Waals surface area (Å²) in [7, 11) is -1.61. The Kier molecular flexibility index (Phi) is 5.58. The van der Waals surface area contributed by atoms with Crippen molar-refractivity contribution in [2.45, 2.75) is 6.04 Å². The number of methoxy groups -OCH3 is 1. The fraction of sp³-hybridized carbons (Fsp3) is 0.571. The van der Waals surface area contributed by atoms with Crippen molar-refractivity contribution < 1.29 is 17.9 Å². The molecular weight excluding hydrogens is 292 g/mol. The summed E-state index contributed by atoms with van der Waals surface area (Å²) in [5, 5.41) is 0. The van der Waals surface area contributed by atoms with Crippen molar-refractivity contribution in [3.8, 4) is 5.75 Å². The van der Waals surface area contributed by atoms with Crippen molar-refractivity contribution in [2.75, 3.05) is 46.2 Å². The third-order valence-electron chi connectivity index (χ3n) is 3.52. The van der Waals surface area contributed by atoms with Crippen LogP contribution in [0.25, 0.3) is 0 Å². The number of hydrogen-bond acceptors (Lipinski definition) is 5. The smallest absolute Gasteiger partial charge is 0.208 e. The van der Waals surface area contributed by atoms with Crippen molar-refractivity contribution >= 4 is 10.0 Å². The van der Waals surface area contributed by atoms with Gasteiger partial charge in [0.1, 0.15) is 5.75 Å². The molecule has 1 atom stereocenters. The van der Waals surface area contributed by atoms with Gasteiger partial charge in [-0.2, -0.15) is 0 Å². The van der Waals surface area contributed by atoms with Gasteiger partial charge in [0.05, 0.1) is 32.6 Å². The average Bonchev–Trinajstić information content (AvgIpc) is 2.48. The van der Waals surface area contributed by atoms with E-state index in [9.17, 15) is 8.42 Å². The zero-order valence-electron chi connectivity index (χ0n) is 12.4. The summed E-state index contributed by atoms with van der Waals surface area (Å²) in [6.07, 6.45) is 1.17. The number of morpholine rings is 1. The Balaban J connectivity index is 2.25. The SMILES string of the molecule is COc1ccccc1C(CNS(C)(=O)=O)N1CCOCC1. The lowest BCUT2D eigenvalue weighted by atomic mass is 10.0. The number of nitrogens with one attached hydrogen (secondary N) is 1. The molecule has 1 aliphatic rings. The van der Waals surface area contributed by atoms with E-state index < -0.39 is 10.0 Å². The summed E-state index contributed by atoms with van der Waals surface area (Å²) in [6, 6.07) is 7.64. The molecular formula is C14H22N2O4S. The molecule has 1 fully saturated rings. The van der Waals surface area contributed by atoms with Crippen LogP contribution in [0, 0.1) is 0 Å². The molecule has 1 saturated heterocycles. The van der Waals surface area contributed by atoms with Crippen molar-refractivity contribution in [1.82, 2.24) is 9.62 Å². The molecule has 118 valence electrons. The molecule has 1 N–H and O–H groups in total. The second kappa shape index (κ2) is 7.22. The second-order valence-corrected chi connectivity index (χ2v) is 6.86. The highest BCUT2D eigenvalue weighted by Gasteiger charge is 2.25. The van der Waals surface area contributed by atoms with Crippen LogP contribution in [0.1, 0.15) is 11.6 Å². The molecule has 0 radical (unpaired) electrons. The van der Waals surface area contributed by atoms with E-state index in [1.165, 1.54) is 6.26 Å². The average molecular weight is 314 g/mol. The molecule has 6 nitrogen and oxygen atoms in total. The van der Waals surface area contributed by atoms with Gasteiger partial charge in [0.25, 0.3) is 0 Å². The topological polar surface area (TPSA) is 67.9 Å². The van der Waals surface area contributed by atoms with Gasteiger partial charge in [-0.25, -0.2) is 13.1 Å². The van der Waals surface area contributed by atoms with E-state index in [-0.39, 0.29) is 6.04 Å². The molecule has 0 aliphatic carbocycles. The molecule has 21 heavy (non-hydrogen) atoms. The minimum atomic E-state index is -3.23. The highest BCUT2D eigenvalue weighted by molar-refractivity contribution is 7.88. The van der Waals surface area contributed by atoms with Crippen molar-refractivity contribution in [1.29, 1.82) is 0 Å². The summed E-state index contributed by atoms with van der Waals surface area (Å²) in [4.78, 5) is 2.22. The van der Waals surface area contributed by atoms with Gasteiger partial charge in [0, 0.05) is 25.2 Å². The number of rotatable bonds is 6. The van der Waals surface area contributed by atoms with Gasteiger partial charge in [0.2, 0.25) is 10.0 Å². The van der Waals surface area contributed by atoms with E-state index in [4.69, 9.17) is 9.47 Å². The van der Waals surface area contributed by atoms with E-state index >= 15 is 0 Å². The van der Waals surface area contributed by atoms with Crippen molar-refractivity contribution in [3.63, 3.8) is 0 Å². The number of hydrogen-bond donors (Lipinski definition) is 1. The first-order valence-corrected chi connectivity index (χ1v) is 8.80. The number of benzene rings is 1. The molecule has 1 aromatic carbocycles. The number of nitrogens with zero attached hydrogens (tertiary/aromatic N) is 1. The first-order chi connectivity index (χ1) is 10.0. The van der Waals surface area contributed by atoms with E-state index in [1.807, 2.05) is 24.3 Å². The molecule has 0 amide bonds. The van der Waals surface area contributed by atoms with Crippen molar-refractivity contribution in [3.05, 3.63) is 29.8 Å². The quantitative estimate of drug-likeness (QED) is 0.833. The number of sulfonamides is 1. The molecule has 1 unspecified atom stereocenters. The standard InChI is InChI=1S/C14H22N2O4S/c1-19-14-6-4-3-5-12(14)13(11-15-21(2,17)18)16-7-9-20-10-8-16/h3-6,13,15H,7-11H2,1-2H3. The molecule has 0 aromatic heterocycles. The third kappa shape index (κ3) is 4.67. The molecule has 1 heterocycles. The first kappa shape index (κ1) is 16.2. The Morgan fingerprint density at radius 1 is 1.33 bits per heavy atom. The third-order valence-corrected chi connectivity index (χ3v) is 4.21. The molecule has 2 rings (SSSR count). The monoisotopic (exact) mass is 314 g/mol. The zero-order valence-corrected chi connectivity index (χ0v) is 13.2. The highest BCUT2D eigenvalue weighted by atomic mass is 32.2. The van der Waals surface area contributed by atoms with Crippen LogP contribution in [0.4, 0.5) is 0 Å². The summed E-state index contributed by atoms with van der Waals surface area (Å²) in [5.74, 6) is 0.768. The predicted molar refractivity (Wildman–Crippen MR) is 81.0 cm³/mol. The molecule has 1 aliphatic heterocycles.